The van der Waals surface area contributed by atoms with Gasteiger partial charge in [-0.05, 0) is 67.2 Å². The van der Waals surface area contributed by atoms with E-state index in [4.69, 9.17) is 9.84 Å². The van der Waals surface area contributed by atoms with Crippen LogP contribution in [0, 0.1) is 0 Å². The molecule has 0 spiro atoms. The maximum absolute atomic E-state index is 12.7. The Kier molecular flexibility index (Phi) is 8.16. The number of nitrogens with one attached hydrogen (secondary N) is 1. The highest BCUT2D eigenvalue weighted by molar-refractivity contribution is 6.76. The van der Waals surface area contributed by atoms with Crippen molar-refractivity contribution in [3.05, 3.63) is 94.7 Å². The number of carbonyl (C=O) groups excluding carboxylic acids is 1. The van der Waals surface area contributed by atoms with Gasteiger partial charge in [-0.1, -0.05) is 74.2 Å². The lowest BCUT2D eigenvalue weighted by molar-refractivity contribution is -0.110. The number of para-hydroxylation sites is 1. The molecule has 4 aromatic rings. The lowest BCUT2D eigenvalue weighted by atomic mass is 10.0. The van der Waals surface area contributed by atoms with Gasteiger partial charge in [0.05, 0.1) is 11.2 Å². The van der Waals surface area contributed by atoms with Crippen LogP contribution in [0.15, 0.2) is 66.7 Å². The number of anilines is 1. The Hall–Kier alpha value is -3.78. The topological polar surface area (TPSA) is 59.4 Å². The number of aromatic nitrogens is 2. The fraction of sp³-hybridized carbons (Fsp3) is 0.273. The van der Waals surface area contributed by atoms with Crippen LogP contribution in [-0.2, 0) is 22.8 Å². The van der Waals surface area contributed by atoms with Gasteiger partial charge in [-0.2, -0.15) is 5.10 Å². The van der Waals surface area contributed by atoms with E-state index in [0.29, 0.717) is 12.3 Å². The molecule has 7 heteroatoms. The van der Waals surface area contributed by atoms with Crippen molar-refractivity contribution in [1.82, 2.24) is 14.7 Å². The summed E-state index contributed by atoms with van der Waals surface area (Å²) in [5, 5.41) is 8.94. The fourth-order valence-corrected chi connectivity index (χ4v) is 5.54. The molecule has 3 aromatic carbocycles. The summed E-state index contributed by atoms with van der Waals surface area (Å²) in [6.45, 7) is 9.09. The molecule has 0 unspecified atom stereocenters. The molecule has 6 nitrogen and oxygen atoms in total. The molecule has 0 fully saturated rings. The van der Waals surface area contributed by atoms with Gasteiger partial charge in [0.2, 0.25) is 0 Å². The number of benzene rings is 3. The van der Waals surface area contributed by atoms with E-state index in [1.807, 2.05) is 35.0 Å². The van der Waals surface area contributed by atoms with Crippen LogP contribution in [0.2, 0.25) is 25.7 Å². The average Bonchev–Trinajstić information content (AvgIpc) is 3.41. The molecule has 0 saturated heterocycles. The third-order valence-electron chi connectivity index (χ3n) is 6.95. The van der Waals surface area contributed by atoms with Crippen molar-refractivity contribution in [2.45, 2.75) is 39.0 Å². The van der Waals surface area contributed by atoms with E-state index in [-0.39, 0.29) is 5.91 Å². The molecule has 0 bridgehead atoms. The first-order valence-corrected chi connectivity index (χ1v) is 17.5. The van der Waals surface area contributed by atoms with Crippen molar-refractivity contribution in [3.8, 4) is 0 Å². The van der Waals surface area contributed by atoms with Crippen molar-refractivity contribution in [1.29, 1.82) is 0 Å². The minimum absolute atomic E-state index is 0.0790. The van der Waals surface area contributed by atoms with E-state index in [1.165, 1.54) is 5.56 Å². The van der Waals surface area contributed by atoms with Gasteiger partial charge in [-0.25, -0.2) is 4.68 Å². The highest BCUT2D eigenvalue weighted by Crippen LogP contribution is 2.33. The monoisotopic (exact) mass is 550 g/mol. The Morgan fingerprint density at radius 1 is 0.975 bits per heavy atom. The molecule has 1 N–H and O–H groups in total. The molecule has 5 rings (SSSR count). The molecule has 1 amide bonds. The first kappa shape index (κ1) is 27.8. The molecule has 1 aliphatic rings. The van der Waals surface area contributed by atoms with E-state index in [1.54, 1.807) is 0 Å². The van der Waals surface area contributed by atoms with Gasteiger partial charge in [0, 0.05) is 43.4 Å². The van der Waals surface area contributed by atoms with Crippen LogP contribution in [0.1, 0.15) is 27.9 Å². The van der Waals surface area contributed by atoms with Gasteiger partial charge < -0.3 is 15.0 Å². The molecular formula is C33H38N4O2Si. The van der Waals surface area contributed by atoms with Crippen LogP contribution in [0.4, 0.5) is 5.69 Å². The van der Waals surface area contributed by atoms with Crippen molar-refractivity contribution in [2.75, 3.05) is 26.0 Å². The van der Waals surface area contributed by atoms with Crippen LogP contribution in [0.25, 0.3) is 34.7 Å². The number of rotatable bonds is 10. The summed E-state index contributed by atoms with van der Waals surface area (Å²) < 4.78 is 8.02. The lowest BCUT2D eigenvalue weighted by Gasteiger charge is -2.15. The van der Waals surface area contributed by atoms with E-state index in [2.05, 4.69) is 98.6 Å². The second kappa shape index (κ2) is 11.8. The summed E-state index contributed by atoms with van der Waals surface area (Å²) in [4.78, 5) is 14.9. The molecule has 0 aliphatic carbocycles. The smallest absolute Gasteiger partial charge is 0.256 e. The molecule has 0 saturated carbocycles. The van der Waals surface area contributed by atoms with Crippen molar-refractivity contribution < 1.29 is 9.53 Å². The summed E-state index contributed by atoms with van der Waals surface area (Å²) in [6.07, 6.45) is 6.13. The number of nitrogens with zero attached hydrogens (tertiary/aromatic N) is 3. The highest BCUT2D eigenvalue weighted by atomic mass is 28.3. The van der Waals surface area contributed by atoms with Crippen LogP contribution in [0.3, 0.4) is 0 Å². The average molecular weight is 551 g/mol. The summed E-state index contributed by atoms with van der Waals surface area (Å²) in [7, 11) is 2.97. The maximum atomic E-state index is 12.7. The van der Waals surface area contributed by atoms with Gasteiger partial charge in [0.15, 0.2) is 0 Å². The van der Waals surface area contributed by atoms with Gasteiger partial charge >= 0.3 is 0 Å². The Labute approximate surface area is 238 Å². The maximum Gasteiger partial charge on any atom is 0.256 e. The van der Waals surface area contributed by atoms with Gasteiger partial charge in [0.1, 0.15) is 6.73 Å². The Morgan fingerprint density at radius 2 is 1.73 bits per heavy atom. The third-order valence-corrected chi connectivity index (χ3v) is 8.65. The fourth-order valence-electron chi connectivity index (χ4n) is 4.78. The normalized spacial score (nSPS) is 14.6. The van der Waals surface area contributed by atoms with Gasteiger partial charge in [-0.3, -0.25) is 4.79 Å². The predicted octanol–water partition coefficient (Wildman–Crippen LogP) is 7.07. The summed E-state index contributed by atoms with van der Waals surface area (Å²) >= 11 is 0. The van der Waals surface area contributed by atoms with E-state index < -0.39 is 8.07 Å². The van der Waals surface area contributed by atoms with Crippen LogP contribution >= 0.6 is 0 Å². The van der Waals surface area contributed by atoms with Crippen molar-refractivity contribution in [2.24, 2.45) is 0 Å². The number of ether oxygens (including phenoxy) is 1. The van der Waals surface area contributed by atoms with Gasteiger partial charge in [-0.15, -0.1) is 0 Å². The summed E-state index contributed by atoms with van der Waals surface area (Å²) in [5.41, 5.74) is 7.68. The molecule has 0 atom stereocenters. The van der Waals surface area contributed by atoms with Crippen molar-refractivity contribution >= 4 is 54.4 Å². The molecule has 1 aromatic heterocycles. The SMILES string of the molecule is CN(C)Cc1ccc(/C=C/c2nn(COCC[Si](C)(C)C)c3cc(/C=C4/C(=O)Nc5ccccc54)ccc23)cc1. The zero-order valence-corrected chi connectivity index (χ0v) is 25.1. The second-order valence-corrected chi connectivity index (χ2v) is 17.5. The number of hydrogen-bond donors (Lipinski definition) is 1. The minimum atomic E-state index is -1.19. The number of amides is 1. The van der Waals surface area contributed by atoms with Crippen LogP contribution in [-0.4, -0.2) is 49.4 Å². The van der Waals surface area contributed by atoms with E-state index in [9.17, 15) is 4.79 Å². The summed E-state index contributed by atoms with van der Waals surface area (Å²) in [5.74, 6) is -0.0790. The first-order chi connectivity index (χ1) is 19.2. The molecule has 40 heavy (non-hydrogen) atoms. The molecular weight excluding hydrogens is 512 g/mol. The van der Waals surface area contributed by atoms with Crippen LogP contribution < -0.4 is 5.32 Å². The number of hydrogen-bond acceptors (Lipinski definition) is 4. The number of carbonyl (C=O) groups is 1. The zero-order valence-electron chi connectivity index (χ0n) is 24.1. The zero-order chi connectivity index (χ0) is 28.3. The second-order valence-electron chi connectivity index (χ2n) is 11.9. The predicted molar refractivity (Wildman–Crippen MR) is 170 cm³/mol. The van der Waals surface area contributed by atoms with E-state index in [0.717, 1.165) is 58.2 Å². The minimum Gasteiger partial charge on any atom is -0.360 e. The Balaban J connectivity index is 1.45. The summed E-state index contributed by atoms with van der Waals surface area (Å²) in [6, 6.07) is 23.8. The quantitative estimate of drug-likeness (QED) is 0.130. The first-order valence-electron chi connectivity index (χ1n) is 13.8. The standard InChI is InChI=1S/C33H38N4O2Si/c1-36(2)22-25-12-10-24(11-13-25)15-17-31-28-16-14-26(20-29-27-8-6-7-9-30(27)34-33(29)38)21-32(28)37(35-31)23-39-18-19-40(3,4)5/h6-17,20-21H,18-19,22-23H2,1-5H3,(H,34,38)/b17-15+,29-20+. The highest BCUT2D eigenvalue weighted by Gasteiger charge is 2.23. The molecule has 2 heterocycles. The largest absolute Gasteiger partial charge is 0.360 e. The molecule has 206 valence electrons. The van der Waals surface area contributed by atoms with Crippen molar-refractivity contribution in [3.63, 3.8) is 0 Å². The Morgan fingerprint density at radius 3 is 2.48 bits per heavy atom. The lowest BCUT2D eigenvalue weighted by Crippen LogP contribution is -2.22. The van der Waals surface area contributed by atoms with E-state index >= 15 is 0 Å². The molecule has 1 aliphatic heterocycles. The Bertz CT molecular complexity index is 1580. The third kappa shape index (κ3) is 6.67. The van der Waals surface area contributed by atoms with Crippen LogP contribution in [0.5, 0.6) is 0 Å². The number of fused-ring (bicyclic) bond motifs is 2. The van der Waals surface area contributed by atoms with Gasteiger partial charge in [0.25, 0.3) is 5.91 Å². The molecule has 0 radical (unpaired) electrons.